The summed E-state index contributed by atoms with van der Waals surface area (Å²) in [6.07, 6.45) is 0. The van der Waals surface area contributed by atoms with E-state index in [1.807, 2.05) is 25.1 Å². The maximum atomic E-state index is 13.6. The number of halogens is 2. The van der Waals surface area contributed by atoms with Crippen molar-refractivity contribution in [3.63, 3.8) is 0 Å². The van der Waals surface area contributed by atoms with Crippen LogP contribution in [0.25, 0.3) is 11.5 Å². The molecule has 3 aromatic rings. The summed E-state index contributed by atoms with van der Waals surface area (Å²) in [4.78, 5) is 30.4. The largest absolute Gasteiger partial charge is 0.334 e. The molecule has 1 fully saturated rings. The van der Waals surface area contributed by atoms with Crippen molar-refractivity contribution < 1.29 is 22.9 Å². The molecule has 1 atom stereocenters. The molecule has 0 saturated carbocycles. The average Bonchev–Trinajstić information content (AvgIpc) is 3.23. The number of carbonyl (C=O) groups is 2. The Morgan fingerprint density at radius 1 is 1.14 bits per heavy atom. The highest BCUT2D eigenvalue weighted by Crippen LogP contribution is 2.30. The van der Waals surface area contributed by atoms with E-state index in [1.165, 1.54) is 13.0 Å². The van der Waals surface area contributed by atoms with Crippen LogP contribution in [0.2, 0.25) is 0 Å². The Balaban J connectivity index is 1.58. The number of aromatic nitrogens is 2. The molecule has 3 amide bonds. The van der Waals surface area contributed by atoms with Gasteiger partial charge in [0.05, 0.1) is 6.54 Å². The number of hydrogen-bond donors (Lipinski definition) is 1. The molecule has 9 heteroatoms. The molecule has 1 aromatic heterocycles. The van der Waals surface area contributed by atoms with Crippen molar-refractivity contribution in [1.82, 2.24) is 20.4 Å². The second kappa shape index (κ2) is 6.77. The summed E-state index contributed by atoms with van der Waals surface area (Å²) in [6, 6.07) is 9.80. The Morgan fingerprint density at radius 2 is 1.93 bits per heavy atom. The van der Waals surface area contributed by atoms with Gasteiger partial charge in [-0.3, -0.25) is 9.69 Å². The minimum Gasteiger partial charge on any atom is -0.334 e. The van der Waals surface area contributed by atoms with Crippen LogP contribution in [-0.2, 0) is 16.9 Å². The molecule has 1 aliphatic heterocycles. The van der Waals surface area contributed by atoms with Gasteiger partial charge in [-0.15, -0.1) is 0 Å². The number of benzene rings is 2. The van der Waals surface area contributed by atoms with Crippen molar-refractivity contribution in [1.29, 1.82) is 0 Å². The van der Waals surface area contributed by atoms with Gasteiger partial charge in [-0.2, -0.15) is 4.98 Å². The number of imide groups is 1. The highest BCUT2D eigenvalue weighted by atomic mass is 19.2. The third-order valence-corrected chi connectivity index (χ3v) is 4.80. The van der Waals surface area contributed by atoms with Gasteiger partial charge in [0.1, 0.15) is 5.54 Å². The van der Waals surface area contributed by atoms with Gasteiger partial charge >= 0.3 is 6.03 Å². The van der Waals surface area contributed by atoms with Crippen LogP contribution in [-0.4, -0.2) is 27.0 Å². The van der Waals surface area contributed by atoms with Crippen LogP contribution < -0.4 is 5.32 Å². The van der Waals surface area contributed by atoms with Crippen molar-refractivity contribution in [2.45, 2.75) is 25.9 Å². The smallest absolute Gasteiger partial charge is 0.325 e. The number of hydrogen-bond acceptors (Lipinski definition) is 5. The minimum absolute atomic E-state index is 0.130. The first-order valence-electron chi connectivity index (χ1n) is 8.77. The summed E-state index contributed by atoms with van der Waals surface area (Å²) in [5, 5.41) is 6.35. The number of aryl methyl sites for hydroxylation is 1. The van der Waals surface area contributed by atoms with Crippen LogP contribution in [0.3, 0.4) is 0 Å². The van der Waals surface area contributed by atoms with E-state index in [0.717, 1.165) is 22.6 Å². The summed E-state index contributed by atoms with van der Waals surface area (Å²) in [5.41, 5.74) is 0.325. The second-order valence-corrected chi connectivity index (χ2v) is 6.96. The molecule has 2 heterocycles. The first kappa shape index (κ1) is 18.7. The molecule has 2 aromatic carbocycles. The molecule has 1 unspecified atom stereocenters. The van der Waals surface area contributed by atoms with E-state index in [0.29, 0.717) is 5.56 Å². The van der Waals surface area contributed by atoms with E-state index >= 15 is 0 Å². The maximum absolute atomic E-state index is 13.6. The monoisotopic (exact) mass is 398 g/mol. The Kier molecular flexibility index (Phi) is 4.37. The summed E-state index contributed by atoms with van der Waals surface area (Å²) < 4.78 is 32.1. The van der Waals surface area contributed by atoms with Gasteiger partial charge in [-0.05, 0) is 43.7 Å². The quantitative estimate of drug-likeness (QED) is 0.682. The van der Waals surface area contributed by atoms with Crippen molar-refractivity contribution in [3.8, 4) is 11.5 Å². The summed E-state index contributed by atoms with van der Waals surface area (Å²) in [6.45, 7) is 3.13. The van der Waals surface area contributed by atoms with E-state index in [1.54, 1.807) is 6.07 Å². The zero-order chi connectivity index (χ0) is 20.8. The maximum Gasteiger partial charge on any atom is 0.325 e. The van der Waals surface area contributed by atoms with Crippen molar-refractivity contribution >= 4 is 11.9 Å². The van der Waals surface area contributed by atoms with Crippen molar-refractivity contribution in [3.05, 3.63) is 71.1 Å². The molecular weight excluding hydrogens is 382 g/mol. The van der Waals surface area contributed by atoms with Gasteiger partial charge in [0.15, 0.2) is 17.5 Å². The lowest BCUT2D eigenvalue weighted by Gasteiger charge is -2.22. The Labute approximate surface area is 164 Å². The predicted molar refractivity (Wildman–Crippen MR) is 97.3 cm³/mol. The second-order valence-electron chi connectivity index (χ2n) is 6.96. The van der Waals surface area contributed by atoms with E-state index in [4.69, 9.17) is 4.52 Å². The molecule has 7 nitrogen and oxygen atoms in total. The predicted octanol–water partition coefficient (Wildman–Crippen LogP) is 3.29. The highest BCUT2D eigenvalue weighted by Gasteiger charge is 2.49. The van der Waals surface area contributed by atoms with Crippen molar-refractivity contribution in [2.24, 2.45) is 0 Å². The van der Waals surface area contributed by atoms with Gasteiger partial charge in [-0.1, -0.05) is 28.9 Å². The summed E-state index contributed by atoms with van der Waals surface area (Å²) >= 11 is 0. The van der Waals surface area contributed by atoms with Crippen LogP contribution in [0.1, 0.15) is 23.9 Å². The third kappa shape index (κ3) is 3.24. The van der Waals surface area contributed by atoms with Gasteiger partial charge < -0.3 is 9.84 Å². The molecule has 29 heavy (non-hydrogen) atoms. The van der Waals surface area contributed by atoms with Gasteiger partial charge in [0, 0.05) is 5.56 Å². The van der Waals surface area contributed by atoms with Gasteiger partial charge in [-0.25, -0.2) is 13.6 Å². The Hall–Kier alpha value is -3.62. The summed E-state index contributed by atoms with van der Waals surface area (Å²) in [7, 11) is 0. The first-order chi connectivity index (χ1) is 13.8. The lowest BCUT2D eigenvalue weighted by Crippen LogP contribution is -2.41. The van der Waals surface area contributed by atoms with Gasteiger partial charge in [0.2, 0.25) is 0 Å². The molecule has 1 N–H and O–H groups in total. The number of urea groups is 1. The fourth-order valence-corrected chi connectivity index (χ4v) is 3.20. The Morgan fingerprint density at radius 3 is 2.66 bits per heavy atom. The number of nitrogens with one attached hydrogen (secondary N) is 1. The zero-order valence-corrected chi connectivity index (χ0v) is 15.6. The molecule has 0 spiro atoms. The van der Waals surface area contributed by atoms with Crippen LogP contribution in [0.15, 0.2) is 47.0 Å². The Bertz CT molecular complexity index is 1130. The fourth-order valence-electron chi connectivity index (χ4n) is 3.20. The normalized spacial score (nSPS) is 19.0. The lowest BCUT2D eigenvalue weighted by atomic mass is 9.92. The minimum atomic E-state index is -1.53. The molecule has 148 valence electrons. The molecule has 0 bridgehead atoms. The van der Waals surface area contributed by atoms with Crippen LogP contribution >= 0.6 is 0 Å². The van der Waals surface area contributed by atoms with Gasteiger partial charge in [0.25, 0.3) is 11.8 Å². The van der Waals surface area contributed by atoms with E-state index in [-0.39, 0.29) is 23.8 Å². The molecule has 1 saturated heterocycles. The first-order valence-corrected chi connectivity index (χ1v) is 8.77. The topological polar surface area (TPSA) is 88.3 Å². The third-order valence-electron chi connectivity index (χ3n) is 4.80. The zero-order valence-electron chi connectivity index (χ0n) is 15.6. The van der Waals surface area contributed by atoms with Crippen molar-refractivity contribution in [2.75, 3.05) is 0 Å². The number of carbonyl (C=O) groups excluding carboxylic acids is 2. The number of nitrogens with zero attached hydrogens (tertiary/aromatic N) is 3. The molecular formula is C20H16F2N4O3. The SMILES string of the molecule is Cc1cccc(-c2nc(CN3C(=O)NC(C)(c4ccc(F)c(F)c4)C3=O)no2)c1. The molecule has 4 rings (SSSR count). The van der Waals surface area contributed by atoms with Crippen LogP contribution in [0, 0.1) is 18.6 Å². The van der Waals surface area contributed by atoms with Crippen LogP contribution in [0.4, 0.5) is 13.6 Å². The van der Waals surface area contributed by atoms with E-state index < -0.39 is 29.1 Å². The number of amides is 3. The highest BCUT2D eigenvalue weighted by molar-refractivity contribution is 6.07. The number of rotatable bonds is 4. The van der Waals surface area contributed by atoms with Crippen LogP contribution in [0.5, 0.6) is 0 Å². The lowest BCUT2D eigenvalue weighted by molar-refractivity contribution is -0.131. The standard InChI is InChI=1S/C20H16F2N4O3/c1-11-4-3-5-12(8-11)17-23-16(25-29-17)10-26-18(27)20(2,24-19(26)28)13-6-7-14(21)15(22)9-13/h3-9H,10H2,1-2H3,(H,24,28). The molecule has 0 radical (unpaired) electrons. The summed E-state index contributed by atoms with van der Waals surface area (Å²) in [5.74, 6) is -2.37. The van der Waals surface area contributed by atoms with E-state index in [9.17, 15) is 18.4 Å². The molecule has 1 aliphatic rings. The van der Waals surface area contributed by atoms with E-state index in [2.05, 4.69) is 15.5 Å². The fraction of sp³-hybridized carbons (Fsp3) is 0.200. The molecule has 0 aliphatic carbocycles. The average molecular weight is 398 g/mol.